The van der Waals surface area contributed by atoms with Gasteiger partial charge in [-0.15, -0.1) is 11.3 Å². The third kappa shape index (κ3) is 3.15. The molecule has 22 heavy (non-hydrogen) atoms. The molecule has 1 N–H and O–H groups in total. The number of ether oxygens (including phenoxy) is 1. The van der Waals surface area contributed by atoms with Crippen LogP contribution >= 0.6 is 11.3 Å². The van der Waals surface area contributed by atoms with E-state index in [0.717, 1.165) is 5.39 Å². The number of furan rings is 1. The number of thiazole rings is 1. The summed E-state index contributed by atoms with van der Waals surface area (Å²) in [6.45, 7) is 1.43. The number of benzene rings is 1. The van der Waals surface area contributed by atoms with E-state index in [1.54, 1.807) is 17.5 Å². The van der Waals surface area contributed by atoms with Gasteiger partial charge in [0.1, 0.15) is 12.2 Å². The summed E-state index contributed by atoms with van der Waals surface area (Å²) in [6, 6.07) is 8.98. The number of nitrogens with one attached hydrogen (secondary N) is 1. The summed E-state index contributed by atoms with van der Waals surface area (Å²) >= 11 is 1.27. The zero-order chi connectivity index (χ0) is 15.5. The molecule has 6 nitrogen and oxygen atoms in total. The van der Waals surface area contributed by atoms with Crippen molar-refractivity contribution < 1.29 is 18.7 Å². The van der Waals surface area contributed by atoms with Crippen LogP contribution in [0.25, 0.3) is 11.0 Å². The average molecular weight is 316 g/mol. The van der Waals surface area contributed by atoms with E-state index in [0.29, 0.717) is 16.4 Å². The van der Waals surface area contributed by atoms with Crippen molar-refractivity contribution in [2.24, 2.45) is 0 Å². The number of anilines is 1. The van der Waals surface area contributed by atoms with Crippen LogP contribution in [0, 0.1) is 0 Å². The Balaban J connectivity index is 1.64. The highest BCUT2D eigenvalue weighted by Crippen LogP contribution is 2.20. The number of amides is 1. The number of aromatic nitrogens is 1. The molecule has 3 aromatic rings. The van der Waals surface area contributed by atoms with Crippen LogP contribution < -0.4 is 5.32 Å². The van der Waals surface area contributed by atoms with E-state index in [9.17, 15) is 9.59 Å². The maximum Gasteiger partial charge on any atom is 0.374 e. The number of nitrogens with zero attached hydrogens (tertiary/aromatic N) is 1. The minimum absolute atomic E-state index is 0.0198. The Hall–Kier alpha value is -2.67. The fourth-order valence-corrected chi connectivity index (χ4v) is 2.62. The lowest BCUT2D eigenvalue weighted by Crippen LogP contribution is -2.06. The molecule has 1 amide bonds. The van der Waals surface area contributed by atoms with Crippen molar-refractivity contribution in [1.29, 1.82) is 0 Å². The van der Waals surface area contributed by atoms with Crippen LogP contribution in [0.2, 0.25) is 0 Å². The smallest absolute Gasteiger partial charge is 0.374 e. The Bertz CT molecular complexity index is 804. The molecule has 112 valence electrons. The van der Waals surface area contributed by atoms with Gasteiger partial charge >= 0.3 is 5.97 Å². The third-order valence-electron chi connectivity index (χ3n) is 2.81. The summed E-state index contributed by atoms with van der Waals surface area (Å²) in [5.74, 6) is -0.594. The minimum Gasteiger partial charge on any atom is -0.453 e. The van der Waals surface area contributed by atoms with Crippen molar-refractivity contribution in [3.63, 3.8) is 0 Å². The standard InChI is InChI=1S/C15H12N2O4S/c1-9(18)16-15-17-11(8-22-15)7-20-14(19)13-6-10-4-2-3-5-12(10)21-13/h2-6,8H,7H2,1H3,(H,16,17,18). The van der Waals surface area contributed by atoms with Gasteiger partial charge in [0.15, 0.2) is 5.13 Å². The second-order valence-corrected chi connectivity index (χ2v) is 5.41. The largest absolute Gasteiger partial charge is 0.453 e. The van der Waals surface area contributed by atoms with Gasteiger partial charge in [-0.1, -0.05) is 18.2 Å². The van der Waals surface area contributed by atoms with Crippen LogP contribution in [0.4, 0.5) is 5.13 Å². The maximum absolute atomic E-state index is 12.0. The Morgan fingerprint density at radius 2 is 2.18 bits per heavy atom. The molecular formula is C15H12N2O4S. The lowest BCUT2D eigenvalue weighted by molar-refractivity contribution is -0.114. The molecule has 0 radical (unpaired) electrons. The number of para-hydroxylation sites is 1. The van der Waals surface area contributed by atoms with E-state index in [4.69, 9.17) is 9.15 Å². The topological polar surface area (TPSA) is 81.4 Å². The van der Waals surface area contributed by atoms with Gasteiger partial charge in [0, 0.05) is 17.7 Å². The van der Waals surface area contributed by atoms with Crippen molar-refractivity contribution in [1.82, 2.24) is 4.98 Å². The first kappa shape index (κ1) is 14.3. The molecule has 0 atom stereocenters. The van der Waals surface area contributed by atoms with Crippen molar-refractivity contribution >= 4 is 39.3 Å². The molecule has 0 saturated heterocycles. The molecule has 0 bridgehead atoms. The monoisotopic (exact) mass is 316 g/mol. The molecule has 1 aromatic carbocycles. The van der Waals surface area contributed by atoms with Crippen LogP contribution in [0.5, 0.6) is 0 Å². The van der Waals surface area contributed by atoms with Crippen molar-refractivity contribution in [2.75, 3.05) is 5.32 Å². The van der Waals surface area contributed by atoms with Gasteiger partial charge in [0.25, 0.3) is 0 Å². The number of hydrogen-bond donors (Lipinski definition) is 1. The maximum atomic E-state index is 12.0. The molecule has 0 aliphatic heterocycles. The summed E-state index contributed by atoms with van der Waals surface area (Å²) in [6.07, 6.45) is 0. The van der Waals surface area contributed by atoms with E-state index in [1.165, 1.54) is 18.3 Å². The van der Waals surface area contributed by atoms with Crippen LogP contribution in [0.1, 0.15) is 23.2 Å². The molecule has 3 rings (SSSR count). The van der Waals surface area contributed by atoms with Crippen molar-refractivity contribution in [3.05, 3.63) is 47.2 Å². The van der Waals surface area contributed by atoms with Gasteiger partial charge < -0.3 is 14.5 Å². The third-order valence-corrected chi connectivity index (χ3v) is 3.62. The molecule has 2 aromatic heterocycles. The molecule has 0 fully saturated rings. The van der Waals surface area contributed by atoms with Gasteiger partial charge in [-0.3, -0.25) is 4.79 Å². The van der Waals surface area contributed by atoms with E-state index < -0.39 is 5.97 Å². The predicted molar refractivity (Wildman–Crippen MR) is 81.8 cm³/mol. The molecular weight excluding hydrogens is 304 g/mol. The van der Waals surface area contributed by atoms with Crippen LogP contribution in [-0.2, 0) is 16.1 Å². The second kappa shape index (κ2) is 5.98. The number of rotatable bonds is 4. The fourth-order valence-electron chi connectivity index (χ4n) is 1.87. The number of fused-ring (bicyclic) bond motifs is 1. The molecule has 0 aliphatic rings. The number of hydrogen-bond acceptors (Lipinski definition) is 6. The van der Waals surface area contributed by atoms with Crippen molar-refractivity contribution in [3.8, 4) is 0 Å². The van der Waals surface area contributed by atoms with Gasteiger partial charge in [0.2, 0.25) is 11.7 Å². The summed E-state index contributed by atoms with van der Waals surface area (Å²) in [4.78, 5) is 27.0. The molecule has 0 saturated carbocycles. The Labute approximate surface area is 129 Å². The Morgan fingerprint density at radius 1 is 1.36 bits per heavy atom. The SMILES string of the molecule is CC(=O)Nc1nc(COC(=O)c2cc3ccccc3o2)cs1. The highest BCUT2D eigenvalue weighted by Gasteiger charge is 2.14. The van der Waals surface area contributed by atoms with E-state index in [-0.39, 0.29) is 18.3 Å². The molecule has 0 spiro atoms. The molecule has 2 heterocycles. The predicted octanol–water partition coefficient (Wildman–Crippen LogP) is 3.20. The Morgan fingerprint density at radius 3 is 2.95 bits per heavy atom. The van der Waals surface area contributed by atoms with E-state index in [2.05, 4.69) is 10.3 Å². The van der Waals surface area contributed by atoms with Crippen molar-refractivity contribution in [2.45, 2.75) is 13.5 Å². The average Bonchev–Trinajstić information content (AvgIpc) is 3.10. The normalized spacial score (nSPS) is 10.6. The van der Waals surface area contributed by atoms with Crippen LogP contribution in [0.15, 0.2) is 40.1 Å². The fraction of sp³-hybridized carbons (Fsp3) is 0.133. The first-order chi connectivity index (χ1) is 10.6. The molecule has 0 aliphatic carbocycles. The zero-order valence-electron chi connectivity index (χ0n) is 11.7. The highest BCUT2D eigenvalue weighted by molar-refractivity contribution is 7.13. The molecule has 0 unspecified atom stereocenters. The summed E-state index contributed by atoms with van der Waals surface area (Å²) in [5, 5.41) is 5.61. The number of carbonyl (C=O) groups is 2. The second-order valence-electron chi connectivity index (χ2n) is 4.55. The number of carbonyl (C=O) groups excluding carboxylic acids is 2. The first-order valence-electron chi connectivity index (χ1n) is 6.49. The zero-order valence-corrected chi connectivity index (χ0v) is 12.5. The van der Waals surface area contributed by atoms with Crippen LogP contribution in [0.3, 0.4) is 0 Å². The van der Waals surface area contributed by atoms with E-state index >= 15 is 0 Å². The van der Waals surface area contributed by atoms with E-state index in [1.807, 2.05) is 18.2 Å². The minimum atomic E-state index is -0.551. The summed E-state index contributed by atoms with van der Waals surface area (Å²) in [5.41, 5.74) is 1.20. The first-order valence-corrected chi connectivity index (χ1v) is 7.37. The van der Waals surface area contributed by atoms with Gasteiger partial charge in [0.05, 0.1) is 5.69 Å². The van der Waals surface area contributed by atoms with Gasteiger partial charge in [-0.05, 0) is 12.1 Å². The Kier molecular flexibility index (Phi) is 3.88. The lowest BCUT2D eigenvalue weighted by Gasteiger charge is -1.99. The van der Waals surface area contributed by atoms with Gasteiger partial charge in [-0.25, -0.2) is 9.78 Å². The quantitative estimate of drug-likeness (QED) is 0.747. The number of esters is 1. The molecule has 7 heteroatoms. The highest BCUT2D eigenvalue weighted by atomic mass is 32.1. The summed E-state index contributed by atoms with van der Waals surface area (Å²) in [7, 11) is 0. The lowest BCUT2D eigenvalue weighted by atomic mass is 10.2. The van der Waals surface area contributed by atoms with Gasteiger partial charge in [-0.2, -0.15) is 0 Å². The van der Waals surface area contributed by atoms with Crippen LogP contribution in [-0.4, -0.2) is 16.9 Å². The summed E-state index contributed by atoms with van der Waals surface area (Å²) < 4.78 is 10.6.